The highest BCUT2D eigenvalue weighted by Gasteiger charge is 2.19. The number of hydrogen-bond acceptors (Lipinski definition) is 4. The fourth-order valence-corrected chi connectivity index (χ4v) is 3.54. The summed E-state index contributed by atoms with van der Waals surface area (Å²) in [7, 11) is 1.90. The molecule has 0 saturated heterocycles. The Balaban J connectivity index is 2.33. The van der Waals surface area contributed by atoms with Crippen LogP contribution in [0.1, 0.15) is 29.5 Å². The lowest BCUT2D eigenvalue weighted by atomic mass is 10.0. The van der Waals surface area contributed by atoms with Crippen LogP contribution in [-0.4, -0.2) is 19.7 Å². The number of aromatic nitrogens is 4. The molecule has 3 heterocycles. The minimum Gasteiger partial charge on any atom is -0.309 e. The van der Waals surface area contributed by atoms with Gasteiger partial charge in [-0.2, -0.15) is 5.10 Å². The van der Waals surface area contributed by atoms with Crippen LogP contribution in [0.25, 0.3) is 21.3 Å². The third-order valence-electron chi connectivity index (χ3n) is 3.62. The number of aromatic amines is 1. The number of alkyl halides is 1. The maximum atomic E-state index is 12.4. The van der Waals surface area contributed by atoms with Crippen molar-refractivity contribution in [2.24, 2.45) is 7.05 Å². The Morgan fingerprint density at radius 3 is 2.71 bits per heavy atom. The summed E-state index contributed by atoms with van der Waals surface area (Å²) >= 11 is 7.47. The van der Waals surface area contributed by atoms with Crippen molar-refractivity contribution in [3.8, 4) is 11.1 Å². The van der Waals surface area contributed by atoms with Crippen molar-refractivity contribution >= 4 is 33.2 Å². The van der Waals surface area contributed by atoms with Crippen molar-refractivity contribution in [2.45, 2.75) is 26.1 Å². The minimum atomic E-state index is -0.325. The molecule has 0 radical (unpaired) electrons. The molecule has 1 unspecified atom stereocenters. The van der Waals surface area contributed by atoms with Gasteiger partial charge in [0.05, 0.1) is 16.5 Å². The second-order valence-electron chi connectivity index (χ2n) is 5.07. The average molecular weight is 323 g/mol. The van der Waals surface area contributed by atoms with E-state index in [0.29, 0.717) is 16.0 Å². The molecule has 5 nitrogen and oxygen atoms in total. The monoisotopic (exact) mass is 322 g/mol. The summed E-state index contributed by atoms with van der Waals surface area (Å²) in [4.78, 5) is 20.3. The number of H-pyrrole nitrogens is 1. The van der Waals surface area contributed by atoms with Gasteiger partial charge in [0, 0.05) is 29.2 Å². The molecule has 0 spiro atoms. The molecule has 0 fully saturated rings. The van der Waals surface area contributed by atoms with E-state index in [9.17, 15) is 4.79 Å². The van der Waals surface area contributed by atoms with Crippen LogP contribution in [-0.2, 0) is 7.05 Å². The van der Waals surface area contributed by atoms with E-state index in [4.69, 9.17) is 11.6 Å². The van der Waals surface area contributed by atoms with E-state index in [1.165, 1.54) is 11.3 Å². The molecule has 0 aliphatic rings. The van der Waals surface area contributed by atoms with Gasteiger partial charge in [-0.25, -0.2) is 4.98 Å². The summed E-state index contributed by atoms with van der Waals surface area (Å²) in [5.74, 6) is 0.502. The molecule has 0 aromatic carbocycles. The molecule has 3 aromatic rings. The van der Waals surface area contributed by atoms with Gasteiger partial charge in [-0.05, 0) is 20.8 Å². The molecule has 1 atom stereocenters. The van der Waals surface area contributed by atoms with E-state index < -0.39 is 0 Å². The van der Waals surface area contributed by atoms with Gasteiger partial charge in [0.15, 0.2) is 0 Å². The molecule has 0 aliphatic heterocycles. The summed E-state index contributed by atoms with van der Waals surface area (Å²) in [6, 6.07) is 0. The summed E-state index contributed by atoms with van der Waals surface area (Å²) in [6.45, 7) is 5.73. The van der Waals surface area contributed by atoms with Crippen LogP contribution in [0.4, 0.5) is 0 Å². The van der Waals surface area contributed by atoms with E-state index in [1.54, 1.807) is 6.92 Å². The van der Waals surface area contributed by atoms with Crippen LogP contribution in [0.3, 0.4) is 0 Å². The molecule has 0 bridgehead atoms. The van der Waals surface area contributed by atoms with Crippen LogP contribution < -0.4 is 5.56 Å². The first kappa shape index (κ1) is 14.3. The number of fused-ring (bicyclic) bond motifs is 1. The molecule has 1 N–H and O–H groups in total. The Labute approximate surface area is 130 Å². The summed E-state index contributed by atoms with van der Waals surface area (Å²) < 4.78 is 1.82. The van der Waals surface area contributed by atoms with Gasteiger partial charge in [0.1, 0.15) is 10.7 Å². The van der Waals surface area contributed by atoms with E-state index in [0.717, 1.165) is 22.5 Å². The van der Waals surface area contributed by atoms with Gasteiger partial charge in [0.25, 0.3) is 5.56 Å². The molecule has 0 saturated carbocycles. The van der Waals surface area contributed by atoms with E-state index >= 15 is 0 Å². The number of thiophene rings is 1. The largest absolute Gasteiger partial charge is 0.309 e. The van der Waals surface area contributed by atoms with Gasteiger partial charge in [-0.15, -0.1) is 22.9 Å². The van der Waals surface area contributed by atoms with Crippen molar-refractivity contribution in [2.75, 3.05) is 0 Å². The standard InChI is InChI=1S/C14H15ClN4OS/c1-6(15)12-16-13(20)11-9(5-21-14(11)17-12)10-7(2)18-19(4)8(10)3/h5-6H,1-4H3,(H,16,17,20). The number of nitrogens with zero attached hydrogens (tertiary/aromatic N) is 3. The molecular weight excluding hydrogens is 308 g/mol. The second kappa shape index (κ2) is 4.96. The molecule has 7 heteroatoms. The van der Waals surface area contributed by atoms with Crippen molar-refractivity contribution in [3.63, 3.8) is 0 Å². The van der Waals surface area contributed by atoms with Gasteiger partial charge >= 0.3 is 0 Å². The third-order valence-corrected chi connectivity index (χ3v) is 4.70. The van der Waals surface area contributed by atoms with Crippen molar-refractivity contribution in [1.29, 1.82) is 0 Å². The molecular formula is C14H15ClN4OS. The highest BCUT2D eigenvalue weighted by Crippen LogP contribution is 2.34. The van der Waals surface area contributed by atoms with Gasteiger partial charge < -0.3 is 4.98 Å². The van der Waals surface area contributed by atoms with Crippen LogP contribution in [0.15, 0.2) is 10.2 Å². The summed E-state index contributed by atoms with van der Waals surface area (Å²) in [5.41, 5.74) is 3.68. The predicted octanol–water partition coefficient (Wildman–Crippen LogP) is 3.30. The van der Waals surface area contributed by atoms with E-state index in [2.05, 4.69) is 15.1 Å². The quantitative estimate of drug-likeness (QED) is 0.736. The Morgan fingerprint density at radius 2 is 2.14 bits per heavy atom. The number of aryl methyl sites for hydroxylation is 2. The molecule has 110 valence electrons. The topological polar surface area (TPSA) is 63.6 Å². The first-order chi connectivity index (χ1) is 9.90. The molecule has 21 heavy (non-hydrogen) atoms. The average Bonchev–Trinajstić information content (AvgIpc) is 2.92. The molecule has 3 aromatic heterocycles. The van der Waals surface area contributed by atoms with Crippen molar-refractivity contribution in [3.05, 3.63) is 32.9 Å². The highest BCUT2D eigenvalue weighted by atomic mass is 35.5. The maximum absolute atomic E-state index is 12.4. The third kappa shape index (κ3) is 2.18. The second-order valence-corrected chi connectivity index (χ2v) is 6.58. The molecule has 0 aliphatic carbocycles. The molecule has 3 rings (SSSR count). The lowest BCUT2D eigenvalue weighted by Gasteiger charge is -2.03. The Bertz CT molecular complexity index is 890. The van der Waals surface area contributed by atoms with Crippen molar-refractivity contribution < 1.29 is 0 Å². The number of hydrogen-bond donors (Lipinski definition) is 1. The van der Waals surface area contributed by atoms with E-state index in [-0.39, 0.29) is 10.9 Å². The Morgan fingerprint density at radius 1 is 1.43 bits per heavy atom. The maximum Gasteiger partial charge on any atom is 0.260 e. The first-order valence-corrected chi connectivity index (χ1v) is 7.87. The predicted molar refractivity (Wildman–Crippen MR) is 86.2 cm³/mol. The lowest BCUT2D eigenvalue weighted by molar-refractivity contribution is 0.731. The van der Waals surface area contributed by atoms with E-state index in [1.807, 2.05) is 31.0 Å². The lowest BCUT2D eigenvalue weighted by Crippen LogP contribution is -2.11. The van der Waals surface area contributed by atoms with Gasteiger partial charge in [0.2, 0.25) is 0 Å². The summed E-state index contributed by atoms with van der Waals surface area (Å²) in [6.07, 6.45) is 0. The number of nitrogens with one attached hydrogen (secondary N) is 1. The van der Waals surface area contributed by atoms with Crippen LogP contribution in [0, 0.1) is 13.8 Å². The Kier molecular flexibility index (Phi) is 3.37. The SMILES string of the molecule is Cc1nn(C)c(C)c1-c1csc2nc(C(C)Cl)[nH]c(=O)c12. The zero-order valence-electron chi connectivity index (χ0n) is 12.2. The van der Waals surface area contributed by atoms with Crippen LogP contribution in [0.2, 0.25) is 0 Å². The highest BCUT2D eigenvalue weighted by molar-refractivity contribution is 7.17. The number of halogens is 1. The van der Waals surface area contributed by atoms with Crippen LogP contribution in [0.5, 0.6) is 0 Å². The molecule has 0 amide bonds. The smallest absolute Gasteiger partial charge is 0.260 e. The van der Waals surface area contributed by atoms with Crippen molar-refractivity contribution in [1.82, 2.24) is 19.7 Å². The zero-order chi connectivity index (χ0) is 15.3. The zero-order valence-corrected chi connectivity index (χ0v) is 13.8. The normalized spacial score (nSPS) is 13.0. The first-order valence-electron chi connectivity index (χ1n) is 6.56. The number of rotatable bonds is 2. The fourth-order valence-electron chi connectivity index (χ4n) is 2.50. The minimum absolute atomic E-state index is 0.151. The van der Waals surface area contributed by atoms with Gasteiger partial charge in [-0.3, -0.25) is 9.48 Å². The van der Waals surface area contributed by atoms with Crippen LogP contribution >= 0.6 is 22.9 Å². The Hall–Kier alpha value is -1.66. The van der Waals surface area contributed by atoms with Gasteiger partial charge in [-0.1, -0.05) is 0 Å². The summed E-state index contributed by atoms with van der Waals surface area (Å²) in [5, 5.41) is 6.67. The fraction of sp³-hybridized carbons (Fsp3) is 0.357.